The van der Waals surface area contributed by atoms with E-state index in [0.717, 1.165) is 23.5 Å². The Morgan fingerprint density at radius 3 is 3.00 bits per heavy atom. The first kappa shape index (κ1) is 12.5. The van der Waals surface area contributed by atoms with Crippen LogP contribution in [0.4, 0.5) is 0 Å². The van der Waals surface area contributed by atoms with Crippen molar-refractivity contribution in [3.8, 4) is 5.75 Å². The molecule has 0 aromatic carbocycles. The number of hydrogen-bond donors (Lipinski definition) is 0. The zero-order valence-electron chi connectivity index (χ0n) is 10.7. The van der Waals surface area contributed by atoms with E-state index in [-0.39, 0.29) is 11.7 Å². The summed E-state index contributed by atoms with van der Waals surface area (Å²) in [5.41, 5.74) is 0.997. The quantitative estimate of drug-likeness (QED) is 0.850. The minimum absolute atomic E-state index is 0.182. The molecule has 1 saturated heterocycles. The predicted octanol–water partition coefficient (Wildman–Crippen LogP) is 1.32. The van der Waals surface area contributed by atoms with Crippen LogP contribution >= 0.6 is 0 Å². The number of pyridine rings is 1. The number of rotatable bonds is 3. The summed E-state index contributed by atoms with van der Waals surface area (Å²) in [6, 6.07) is 3.83. The van der Waals surface area contributed by atoms with Gasteiger partial charge in [-0.3, -0.25) is 0 Å². The summed E-state index contributed by atoms with van der Waals surface area (Å²) in [6.07, 6.45) is 5.13. The molecule has 3 heterocycles. The first-order valence-corrected chi connectivity index (χ1v) is 8.10. The summed E-state index contributed by atoms with van der Waals surface area (Å²) in [6.45, 7) is 0. The van der Waals surface area contributed by atoms with Gasteiger partial charge in [-0.1, -0.05) is 0 Å². The third kappa shape index (κ3) is 2.45. The molecule has 0 bridgehead atoms. The lowest BCUT2D eigenvalue weighted by atomic mass is 10.1. The molecule has 0 N–H and O–H groups in total. The highest BCUT2D eigenvalue weighted by molar-refractivity contribution is 7.91. The summed E-state index contributed by atoms with van der Waals surface area (Å²) in [5, 5.41) is 0. The van der Waals surface area contributed by atoms with Crippen LogP contribution in [0.15, 0.2) is 24.5 Å². The Balaban J connectivity index is 1.89. The van der Waals surface area contributed by atoms with Gasteiger partial charge in [0.1, 0.15) is 11.6 Å². The zero-order valence-corrected chi connectivity index (χ0v) is 11.6. The Bertz CT molecular complexity index is 706. The molecule has 0 saturated carbocycles. The van der Waals surface area contributed by atoms with Crippen LogP contribution in [0.2, 0.25) is 0 Å². The number of ether oxygens (including phenoxy) is 1. The predicted molar refractivity (Wildman–Crippen MR) is 72.2 cm³/mol. The van der Waals surface area contributed by atoms with Crippen molar-refractivity contribution in [2.75, 3.05) is 18.6 Å². The molecule has 1 aliphatic rings. The van der Waals surface area contributed by atoms with Crippen molar-refractivity contribution in [3.63, 3.8) is 0 Å². The second-order valence-electron chi connectivity index (χ2n) is 5.01. The summed E-state index contributed by atoms with van der Waals surface area (Å²) >= 11 is 0. The SMILES string of the molecule is COc1ccc2cnc(CC3CCS(=O)(=O)C3)n2c1. The van der Waals surface area contributed by atoms with Crippen molar-refractivity contribution in [2.45, 2.75) is 12.8 Å². The molecule has 0 amide bonds. The van der Waals surface area contributed by atoms with Crippen LogP contribution in [0, 0.1) is 5.92 Å². The van der Waals surface area contributed by atoms with Gasteiger partial charge in [-0.2, -0.15) is 0 Å². The van der Waals surface area contributed by atoms with Crippen molar-refractivity contribution in [1.29, 1.82) is 0 Å². The van der Waals surface area contributed by atoms with E-state index in [1.165, 1.54) is 0 Å². The first-order valence-electron chi connectivity index (χ1n) is 6.28. The maximum absolute atomic E-state index is 11.5. The third-order valence-electron chi connectivity index (χ3n) is 3.61. The lowest BCUT2D eigenvalue weighted by Gasteiger charge is -2.07. The van der Waals surface area contributed by atoms with Gasteiger partial charge in [0.15, 0.2) is 9.84 Å². The molecule has 1 fully saturated rings. The molecule has 1 aliphatic heterocycles. The van der Waals surface area contributed by atoms with Crippen molar-refractivity contribution in [1.82, 2.24) is 9.38 Å². The fourth-order valence-electron chi connectivity index (χ4n) is 2.59. The van der Waals surface area contributed by atoms with Gasteiger partial charge in [-0.15, -0.1) is 0 Å². The van der Waals surface area contributed by atoms with Gasteiger partial charge in [0.05, 0.1) is 36.5 Å². The summed E-state index contributed by atoms with van der Waals surface area (Å²) in [4.78, 5) is 4.39. The number of hydrogen-bond acceptors (Lipinski definition) is 4. The Hall–Kier alpha value is -1.56. The minimum Gasteiger partial charge on any atom is -0.495 e. The van der Waals surface area contributed by atoms with E-state index in [2.05, 4.69) is 4.98 Å². The second-order valence-corrected chi connectivity index (χ2v) is 7.24. The van der Waals surface area contributed by atoms with E-state index in [9.17, 15) is 8.42 Å². The number of methoxy groups -OCH3 is 1. The first-order chi connectivity index (χ1) is 9.07. The van der Waals surface area contributed by atoms with Gasteiger partial charge in [0.25, 0.3) is 0 Å². The van der Waals surface area contributed by atoms with E-state index < -0.39 is 9.84 Å². The lowest BCUT2D eigenvalue weighted by Crippen LogP contribution is -2.09. The average Bonchev–Trinajstić information content (AvgIpc) is 2.93. The topological polar surface area (TPSA) is 60.7 Å². The molecule has 19 heavy (non-hydrogen) atoms. The maximum atomic E-state index is 11.5. The molecule has 3 rings (SSSR count). The van der Waals surface area contributed by atoms with Gasteiger partial charge in [0.2, 0.25) is 0 Å². The number of aromatic nitrogens is 2. The van der Waals surface area contributed by atoms with Crippen molar-refractivity contribution in [2.24, 2.45) is 5.92 Å². The second kappa shape index (κ2) is 4.52. The molecular formula is C13H16N2O3S. The Morgan fingerprint density at radius 1 is 1.47 bits per heavy atom. The fraction of sp³-hybridized carbons (Fsp3) is 0.462. The average molecular weight is 280 g/mol. The van der Waals surface area contributed by atoms with Crippen molar-refractivity contribution >= 4 is 15.4 Å². The van der Waals surface area contributed by atoms with Crippen LogP contribution < -0.4 is 4.74 Å². The van der Waals surface area contributed by atoms with E-state index >= 15 is 0 Å². The van der Waals surface area contributed by atoms with E-state index in [1.54, 1.807) is 13.3 Å². The smallest absolute Gasteiger partial charge is 0.150 e. The van der Waals surface area contributed by atoms with E-state index in [4.69, 9.17) is 4.74 Å². The summed E-state index contributed by atoms with van der Waals surface area (Å²) in [7, 11) is -1.20. The maximum Gasteiger partial charge on any atom is 0.150 e. The van der Waals surface area contributed by atoms with Crippen LogP contribution in [0.5, 0.6) is 5.75 Å². The molecule has 1 atom stereocenters. The third-order valence-corrected chi connectivity index (χ3v) is 5.45. The molecule has 1 unspecified atom stereocenters. The molecule has 6 heteroatoms. The molecule has 2 aromatic heterocycles. The highest BCUT2D eigenvalue weighted by Crippen LogP contribution is 2.23. The molecule has 102 valence electrons. The highest BCUT2D eigenvalue weighted by atomic mass is 32.2. The van der Waals surface area contributed by atoms with Crippen molar-refractivity contribution in [3.05, 3.63) is 30.4 Å². The molecular weight excluding hydrogens is 264 g/mol. The standard InChI is InChI=1S/C13H16N2O3S/c1-18-12-3-2-11-7-14-13(15(11)8-12)6-10-4-5-19(16,17)9-10/h2-3,7-8,10H,4-6,9H2,1H3. The van der Waals surface area contributed by atoms with Gasteiger partial charge >= 0.3 is 0 Å². The molecule has 0 spiro atoms. The normalized spacial score (nSPS) is 21.8. The fourth-order valence-corrected chi connectivity index (χ4v) is 4.45. The molecule has 5 nitrogen and oxygen atoms in total. The van der Waals surface area contributed by atoms with Crippen LogP contribution in [0.25, 0.3) is 5.52 Å². The van der Waals surface area contributed by atoms with Crippen LogP contribution in [0.1, 0.15) is 12.2 Å². The van der Waals surface area contributed by atoms with Crippen LogP contribution in [0.3, 0.4) is 0 Å². The lowest BCUT2D eigenvalue weighted by molar-refractivity contribution is 0.412. The largest absolute Gasteiger partial charge is 0.495 e. The highest BCUT2D eigenvalue weighted by Gasteiger charge is 2.28. The van der Waals surface area contributed by atoms with Gasteiger partial charge in [-0.25, -0.2) is 13.4 Å². The number of sulfone groups is 1. The Morgan fingerprint density at radius 2 is 2.32 bits per heavy atom. The Kier molecular flexibility index (Phi) is 2.97. The summed E-state index contributed by atoms with van der Waals surface area (Å²) in [5.74, 6) is 2.44. The van der Waals surface area contributed by atoms with E-state index in [1.807, 2.05) is 22.7 Å². The number of nitrogens with zero attached hydrogens (tertiary/aromatic N) is 2. The van der Waals surface area contributed by atoms with Gasteiger partial charge in [-0.05, 0) is 24.5 Å². The monoisotopic (exact) mass is 280 g/mol. The molecule has 0 aliphatic carbocycles. The van der Waals surface area contributed by atoms with Crippen molar-refractivity contribution < 1.29 is 13.2 Å². The minimum atomic E-state index is -2.83. The molecule has 0 radical (unpaired) electrons. The Labute approximate surface area is 112 Å². The van der Waals surface area contributed by atoms with E-state index in [0.29, 0.717) is 12.2 Å². The van der Waals surface area contributed by atoms with Gasteiger partial charge < -0.3 is 9.14 Å². The number of fused-ring (bicyclic) bond motifs is 1. The zero-order chi connectivity index (χ0) is 13.5. The number of imidazole rings is 1. The van der Waals surface area contributed by atoms with Crippen LogP contribution in [-0.2, 0) is 16.3 Å². The molecule has 2 aromatic rings. The van der Waals surface area contributed by atoms with Crippen LogP contribution in [-0.4, -0.2) is 36.4 Å². The van der Waals surface area contributed by atoms with Gasteiger partial charge in [0, 0.05) is 6.42 Å². The summed E-state index contributed by atoms with van der Waals surface area (Å²) < 4.78 is 30.2.